The lowest BCUT2D eigenvalue weighted by Gasteiger charge is -2.22. The molecule has 1 aromatic carbocycles. The van der Waals surface area contributed by atoms with E-state index in [2.05, 4.69) is 19.1 Å². The molecule has 0 spiro atoms. The topological polar surface area (TPSA) is 17.1 Å². The highest BCUT2D eigenvalue weighted by molar-refractivity contribution is 5.82. The Labute approximate surface area is 78.8 Å². The molecule has 0 radical (unpaired) electrons. The highest BCUT2D eigenvalue weighted by Crippen LogP contribution is 2.38. The molecule has 0 unspecified atom stereocenters. The Morgan fingerprint density at radius 1 is 1.23 bits per heavy atom. The molecule has 0 saturated heterocycles. The summed E-state index contributed by atoms with van der Waals surface area (Å²) < 4.78 is 0. The van der Waals surface area contributed by atoms with E-state index < -0.39 is 0 Å². The maximum atomic E-state index is 11.2. The molecule has 0 amide bonds. The van der Waals surface area contributed by atoms with E-state index in [1.54, 1.807) is 0 Å². The second-order valence-electron chi connectivity index (χ2n) is 4.14. The van der Waals surface area contributed by atoms with Gasteiger partial charge < -0.3 is 0 Å². The summed E-state index contributed by atoms with van der Waals surface area (Å²) in [4.78, 5) is 11.2. The third kappa shape index (κ3) is 1.51. The van der Waals surface area contributed by atoms with Crippen LogP contribution in [0.4, 0.5) is 0 Å². The Morgan fingerprint density at radius 3 is 2.46 bits per heavy atom. The second-order valence-corrected chi connectivity index (χ2v) is 4.14. The van der Waals surface area contributed by atoms with E-state index in [0.717, 1.165) is 19.3 Å². The first kappa shape index (κ1) is 8.49. The number of hydrogen-bond donors (Lipinski definition) is 0. The van der Waals surface area contributed by atoms with E-state index in [1.807, 2.05) is 18.2 Å². The fourth-order valence-corrected chi connectivity index (χ4v) is 2.11. The van der Waals surface area contributed by atoms with Gasteiger partial charge in [-0.05, 0) is 17.4 Å². The second kappa shape index (κ2) is 2.99. The zero-order valence-electron chi connectivity index (χ0n) is 7.92. The lowest BCUT2D eigenvalue weighted by Crippen LogP contribution is -2.17. The monoisotopic (exact) mass is 174 g/mol. The molecule has 0 aliphatic heterocycles. The van der Waals surface area contributed by atoms with Crippen molar-refractivity contribution in [1.29, 1.82) is 0 Å². The van der Waals surface area contributed by atoms with Gasteiger partial charge in [0.2, 0.25) is 0 Å². The van der Waals surface area contributed by atoms with Gasteiger partial charge in [0.25, 0.3) is 0 Å². The molecule has 1 aromatic rings. The van der Waals surface area contributed by atoms with Crippen molar-refractivity contribution in [3.63, 3.8) is 0 Å². The smallest absolute Gasteiger partial charge is 0.133 e. The molecular formula is C12H14O. The van der Waals surface area contributed by atoms with Crippen molar-refractivity contribution >= 4 is 5.78 Å². The highest BCUT2D eigenvalue weighted by atomic mass is 16.1. The summed E-state index contributed by atoms with van der Waals surface area (Å²) in [5, 5.41) is 0. The summed E-state index contributed by atoms with van der Waals surface area (Å²) in [6.45, 7) is 2.19. The molecule has 1 aliphatic rings. The molecule has 0 N–H and O–H groups in total. The zero-order chi connectivity index (χ0) is 9.31. The maximum absolute atomic E-state index is 11.2. The Morgan fingerprint density at radius 2 is 1.92 bits per heavy atom. The summed E-state index contributed by atoms with van der Waals surface area (Å²) in [6.07, 6.45) is 2.48. The van der Waals surface area contributed by atoms with E-state index in [-0.39, 0.29) is 5.41 Å². The van der Waals surface area contributed by atoms with Gasteiger partial charge in [-0.1, -0.05) is 37.3 Å². The Balaban J connectivity index is 2.31. The number of Topliss-reactive ketones (excluding diaryl/α,β-unsaturated/α-hetero) is 1. The normalized spacial score (nSPS) is 27.9. The number of carbonyl (C=O) groups excluding carboxylic acids is 1. The molecule has 1 nitrogen and oxygen atoms in total. The van der Waals surface area contributed by atoms with Crippen LogP contribution in [0.15, 0.2) is 30.3 Å². The van der Waals surface area contributed by atoms with Crippen molar-refractivity contribution < 1.29 is 4.79 Å². The van der Waals surface area contributed by atoms with Crippen LogP contribution in [0.2, 0.25) is 0 Å². The highest BCUT2D eigenvalue weighted by Gasteiger charge is 2.34. The summed E-state index contributed by atoms with van der Waals surface area (Å²) in [5.74, 6) is 0.409. The van der Waals surface area contributed by atoms with Crippen molar-refractivity contribution in [3.8, 4) is 0 Å². The molecule has 1 aliphatic carbocycles. The summed E-state index contributed by atoms with van der Waals surface area (Å²) >= 11 is 0. The standard InChI is InChI=1S/C12H14O/c1-12(8-7-11(13)9-12)10-5-3-2-4-6-10/h2-6H,7-9H2,1H3/t12-/m1/s1. The predicted octanol–water partition coefficient (Wildman–Crippen LogP) is 2.70. The van der Waals surface area contributed by atoms with Crippen LogP contribution in [-0.2, 0) is 10.2 Å². The van der Waals surface area contributed by atoms with Gasteiger partial charge in [-0.25, -0.2) is 0 Å². The summed E-state index contributed by atoms with van der Waals surface area (Å²) in [7, 11) is 0. The van der Waals surface area contributed by atoms with Gasteiger partial charge in [0, 0.05) is 12.8 Å². The first-order valence-corrected chi connectivity index (χ1v) is 4.78. The molecule has 0 heterocycles. The van der Waals surface area contributed by atoms with Gasteiger partial charge in [0.1, 0.15) is 5.78 Å². The van der Waals surface area contributed by atoms with Gasteiger partial charge in [-0.2, -0.15) is 0 Å². The number of hydrogen-bond acceptors (Lipinski definition) is 1. The fraction of sp³-hybridized carbons (Fsp3) is 0.417. The Hall–Kier alpha value is -1.11. The maximum Gasteiger partial charge on any atom is 0.133 e. The van der Waals surface area contributed by atoms with Crippen LogP contribution in [0.5, 0.6) is 0 Å². The van der Waals surface area contributed by atoms with Gasteiger partial charge in [0.15, 0.2) is 0 Å². The molecule has 0 bridgehead atoms. The van der Waals surface area contributed by atoms with Crippen LogP contribution in [0.25, 0.3) is 0 Å². The summed E-state index contributed by atoms with van der Waals surface area (Å²) in [6, 6.07) is 10.4. The van der Waals surface area contributed by atoms with Gasteiger partial charge in [-0.3, -0.25) is 4.79 Å². The minimum atomic E-state index is 0.109. The first-order chi connectivity index (χ1) is 6.21. The van der Waals surface area contributed by atoms with Gasteiger partial charge >= 0.3 is 0 Å². The van der Waals surface area contributed by atoms with Crippen molar-refractivity contribution in [1.82, 2.24) is 0 Å². The quantitative estimate of drug-likeness (QED) is 0.639. The van der Waals surface area contributed by atoms with Crippen LogP contribution >= 0.6 is 0 Å². The summed E-state index contributed by atoms with van der Waals surface area (Å²) in [5.41, 5.74) is 1.42. The fourth-order valence-electron chi connectivity index (χ4n) is 2.11. The van der Waals surface area contributed by atoms with Crippen LogP contribution in [0, 0.1) is 0 Å². The SMILES string of the molecule is C[C@@]1(c2ccccc2)CCC(=O)C1. The van der Waals surface area contributed by atoms with E-state index in [4.69, 9.17) is 0 Å². The number of benzene rings is 1. The molecule has 2 rings (SSSR count). The number of rotatable bonds is 1. The lowest BCUT2D eigenvalue weighted by molar-refractivity contribution is -0.117. The van der Waals surface area contributed by atoms with Crippen molar-refractivity contribution in [2.24, 2.45) is 0 Å². The van der Waals surface area contributed by atoms with Crippen molar-refractivity contribution in [2.45, 2.75) is 31.6 Å². The zero-order valence-corrected chi connectivity index (χ0v) is 7.92. The molecule has 68 valence electrons. The first-order valence-electron chi connectivity index (χ1n) is 4.78. The third-order valence-electron chi connectivity index (χ3n) is 3.01. The van der Waals surface area contributed by atoms with Crippen LogP contribution < -0.4 is 0 Å². The van der Waals surface area contributed by atoms with E-state index in [9.17, 15) is 4.79 Å². The molecule has 1 heteroatoms. The lowest BCUT2D eigenvalue weighted by atomic mass is 9.81. The average Bonchev–Trinajstić information content (AvgIpc) is 2.49. The molecule has 1 atom stereocenters. The molecule has 1 fully saturated rings. The number of ketones is 1. The molecule has 0 aromatic heterocycles. The molecule has 13 heavy (non-hydrogen) atoms. The Bertz CT molecular complexity index is 315. The van der Waals surface area contributed by atoms with Crippen molar-refractivity contribution in [3.05, 3.63) is 35.9 Å². The van der Waals surface area contributed by atoms with E-state index in [0.29, 0.717) is 5.78 Å². The van der Waals surface area contributed by atoms with Gasteiger partial charge in [0.05, 0.1) is 0 Å². The molecule has 1 saturated carbocycles. The van der Waals surface area contributed by atoms with E-state index in [1.165, 1.54) is 5.56 Å². The Kier molecular flexibility index (Phi) is 1.95. The molecular weight excluding hydrogens is 160 g/mol. The van der Waals surface area contributed by atoms with Crippen LogP contribution in [0.1, 0.15) is 31.7 Å². The largest absolute Gasteiger partial charge is 0.300 e. The minimum Gasteiger partial charge on any atom is -0.300 e. The van der Waals surface area contributed by atoms with Gasteiger partial charge in [-0.15, -0.1) is 0 Å². The number of carbonyl (C=O) groups is 1. The predicted molar refractivity (Wildman–Crippen MR) is 52.7 cm³/mol. The van der Waals surface area contributed by atoms with Crippen molar-refractivity contribution in [2.75, 3.05) is 0 Å². The minimum absolute atomic E-state index is 0.109. The average molecular weight is 174 g/mol. The van der Waals surface area contributed by atoms with Crippen LogP contribution in [-0.4, -0.2) is 5.78 Å². The third-order valence-corrected chi connectivity index (χ3v) is 3.01. The van der Waals surface area contributed by atoms with Crippen LogP contribution in [0.3, 0.4) is 0 Å². The van der Waals surface area contributed by atoms with E-state index >= 15 is 0 Å².